The maximum atomic E-state index is 11.6. The highest BCUT2D eigenvalue weighted by molar-refractivity contribution is 7.14. The lowest BCUT2D eigenvalue weighted by Gasteiger charge is -2.04. The fourth-order valence-corrected chi connectivity index (χ4v) is 2.75. The monoisotopic (exact) mass is 262 g/mol. The third-order valence-corrected chi connectivity index (χ3v) is 3.65. The summed E-state index contributed by atoms with van der Waals surface area (Å²) in [6.07, 6.45) is 0. The Morgan fingerprint density at radius 3 is 2.78 bits per heavy atom. The zero-order chi connectivity index (χ0) is 13.1. The lowest BCUT2D eigenvalue weighted by Crippen LogP contribution is -2.03. The summed E-state index contributed by atoms with van der Waals surface area (Å²) in [5, 5.41) is 11.7. The van der Waals surface area contributed by atoms with Gasteiger partial charge in [0.25, 0.3) is 0 Å². The second-order valence-corrected chi connectivity index (χ2v) is 4.74. The molecule has 0 fully saturated rings. The van der Waals surface area contributed by atoms with E-state index in [1.54, 1.807) is 12.3 Å². The molecule has 0 saturated heterocycles. The predicted octanol–water partition coefficient (Wildman–Crippen LogP) is 3.61. The molecule has 1 aromatic heterocycles. The zero-order valence-electron chi connectivity index (χ0n) is 10.3. The topological polar surface area (TPSA) is 46.5 Å². The number of hydrogen-bond donors (Lipinski definition) is 1. The number of thiophene rings is 1. The number of aromatic hydroxyl groups is 1. The Hall–Kier alpha value is -1.81. The highest BCUT2D eigenvalue weighted by Gasteiger charge is 2.19. The smallest absolute Gasteiger partial charge is 0.342 e. The fourth-order valence-electron chi connectivity index (χ4n) is 1.72. The number of carbonyl (C=O) groups excluding carboxylic acids is 1. The number of hydrogen-bond acceptors (Lipinski definition) is 4. The van der Waals surface area contributed by atoms with E-state index in [4.69, 9.17) is 4.74 Å². The molecule has 3 nitrogen and oxygen atoms in total. The molecule has 1 heterocycles. The molecular weight excluding hydrogens is 248 g/mol. The van der Waals surface area contributed by atoms with Gasteiger partial charge in [-0.25, -0.2) is 4.79 Å². The fraction of sp³-hybridized carbons (Fsp3) is 0.214. The summed E-state index contributed by atoms with van der Waals surface area (Å²) in [7, 11) is 0. The molecule has 1 aromatic carbocycles. The van der Waals surface area contributed by atoms with Crippen molar-refractivity contribution in [2.75, 3.05) is 6.61 Å². The predicted molar refractivity (Wildman–Crippen MR) is 72.1 cm³/mol. The number of benzene rings is 1. The second-order valence-electron chi connectivity index (χ2n) is 3.86. The Balaban J connectivity index is 2.43. The molecule has 2 aromatic rings. The third-order valence-electron chi connectivity index (χ3n) is 2.65. The number of aryl methyl sites for hydroxylation is 1. The van der Waals surface area contributed by atoms with Crippen LogP contribution in [0.25, 0.3) is 10.4 Å². The molecule has 18 heavy (non-hydrogen) atoms. The first-order valence-corrected chi connectivity index (χ1v) is 6.56. The molecule has 0 unspecified atom stereocenters. The maximum absolute atomic E-state index is 11.6. The van der Waals surface area contributed by atoms with Gasteiger partial charge < -0.3 is 9.84 Å². The summed E-state index contributed by atoms with van der Waals surface area (Å²) in [5.74, 6) is -0.473. The molecule has 0 aliphatic rings. The van der Waals surface area contributed by atoms with Crippen molar-refractivity contribution in [3.63, 3.8) is 0 Å². The molecule has 0 aliphatic carbocycles. The van der Waals surface area contributed by atoms with Crippen molar-refractivity contribution < 1.29 is 14.6 Å². The van der Waals surface area contributed by atoms with Gasteiger partial charge in [-0.15, -0.1) is 11.3 Å². The third kappa shape index (κ3) is 2.24. The van der Waals surface area contributed by atoms with Crippen molar-refractivity contribution >= 4 is 17.3 Å². The average Bonchev–Trinajstić information content (AvgIpc) is 2.72. The minimum Gasteiger partial charge on any atom is -0.506 e. The summed E-state index contributed by atoms with van der Waals surface area (Å²) < 4.78 is 4.90. The Morgan fingerprint density at radius 2 is 2.11 bits per heavy atom. The van der Waals surface area contributed by atoms with Crippen LogP contribution in [-0.4, -0.2) is 17.7 Å². The van der Waals surface area contributed by atoms with Gasteiger partial charge in [-0.3, -0.25) is 0 Å². The summed E-state index contributed by atoms with van der Waals surface area (Å²) in [4.78, 5) is 12.3. The molecule has 0 radical (unpaired) electrons. The van der Waals surface area contributed by atoms with Crippen molar-refractivity contribution in [1.29, 1.82) is 0 Å². The number of rotatable bonds is 3. The van der Waals surface area contributed by atoms with Gasteiger partial charge in [-0.1, -0.05) is 24.3 Å². The molecular formula is C14H14O3S. The minimum absolute atomic E-state index is 0.00718. The lowest BCUT2D eigenvalue weighted by molar-refractivity contribution is 0.0524. The Labute approximate surface area is 110 Å². The highest BCUT2D eigenvalue weighted by atomic mass is 32.1. The van der Waals surface area contributed by atoms with Crippen LogP contribution in [-0.2, 0) is 4.74 Å². The van der Waals surface area contributed by atoms with Crippen LogP contribution in [0.5, 0.6) is 5.75 Å². The average molecular weight is 262 g/mol. The van der Waals surface area contributed by atoms with Gasteiger partial charge in [0, 0.05) is 5.38 Å². The standard InChI is InChI=1S/C14H14O3S/c1-3-17-14(16)11-8-18-13(12(11)15)10-7-5-4-6-9(10)2/h4-8,15H,3H2,1-2H3. The number of esters is 1. The summed E-state index contributed by atoms with van der Waals surface area (Å²) >= 11 is 1.35. The van der Waals surface area contributed by atoms with Gasteiger partial charge in [-0.2, -0.15) is 0 Å². The van der Waals surface area contributed by atoms with Crippen molar-refractivity contribution in [3.8, 4) is 16.2 Å². The van der Waals surface area contributed by atoms with Crippen LogP contribution in [0.4, 0.5) is 0 Å². The van der Waals surface area contributed by atoms with E-state index in [-0.39, 0.29) is 11.3 Å². The van der Waals surface area contributed by atoms with Gasteiger partial charge in [-0.05, 0) is 25.0 Å². The molecule has 0 saturated carbocycles. The summed E-state index contributed by atoms with van der Waals surface area (Å²) in [6, 6.07) is 7.75. The van der Waals surface area contributed by atoms with Crippen molar-refractivity contribution in [1.82, 2.24) is 0 Å². The molecule has 1 N–H and O–H groups in total. The van der Waals surface area contributed by atoms with Crippen LogP contribution in [0.3, 0.4) is 0 Å². The van der Waals surface area contributed by atoms with E-state index in [9.17, 15) is 9.90 Å². The van der Waals surface area contributed by atoms with Crippen LogP contribution in [0.15, 0.2) is 29.6 Å². The van der Waals surface area contributed by atoms with Crippen molar-refractivity contribution in [3.05, 3.63) is 40.8 Å². The van der Waals surface area contributed by atoms with Crippen molar-refractivity contribution in [2.45, 2.75) is 13.8 Å². The molecule has 0 amide bonds. The van der Waals surface area contributed by atoms with E-state index in [1.165, 1.54) is 11.3 Å². The zero-order valence-corrected chi connectivity index (χ0v) is 11.1. The maximum Gasteiger partial charge on any atom is 0.342 e. The quantitative estimate of drug-likeness (QED) is 0.859. The second kappa shape index (κ2) is 5.23. The summed E-state index contributed by atoms with van der Waals surface area (Å²) in [5.41, 5.74) is 2.24. The van der Waals surface area contributed by atoms with Crippen LogP contribution in [0.1, 0.15) is 22.8 Å². The normalized spacial score (nSPS) is 10.3. The van der Waals surface area contributed by atoms with E-state index >= 15 is 0 Å². The first-order chi connectivity index (χ1) is 8.65. The molecule has 0 spiro atoms. The number of carbonyl (C=O) groups is 1. The molecule has 94 valence electrons. The lowest BCUT2D eigenvalue weighted by atomic mass is 10.1. The molecule has 2 rings (SSSR count). The Bertz CT molecular complexity index is 572. The SMILES string of the molecule is CCOC(=O)c1csc(-c2ccccc2C)c1O. The van der Waals surface area contributed by atoms with Crippen LogP contribution >= 0.6 is 11.3 Å². The van der Waals surface area contributed by atoms with Gasteiger partial charge in [0.15, 0.2) is 0 Å². The van der Waals surface area contributed by atoms with E-state index in [1.807, 2.05) is 31.2 Å². The molecule has 4 heteroatoms. The minimum atomic E-state index is -0.480. The Kier molecular flexibility index (Phi) is 3.67. The van der Waals surface area contributed by atoms with Crippen LogP contribution in [0, 0.1) is 6.92 Å². The summed E-state index contributed by atoms with van der Waals surface area (Å²) in [6.45, 7) is 4.01. The van der Waals surface area contributed by atoms with Gasteiger partial charge in [0.2, 0.25) is 0 Å². The molecule has 0 bridgehead atoms. The van der Waals surface area contributed by atoms with Crippen LogP contribution in [0.2, 0.25) is 0 Å². The van der Waals surface area contributed by atoms with E-state index in [0.29, 0.717) is 11.5 Å². The molecule has 0 aliphatic heterocycles. The Morgan fingerprint density at radius 1 is 1.39 bits per heavy atom. The first kappa shape index (κ1) is 12.6. The van der Waals surface area contributed by atoms with Gasteiger partial charge >= 0.3 is 5.97 Å². The molecule has 0 atom stereocenters. The van der Waals surface area contributed by atoms with E-state index in [2.05, 4.69) is 0 Å². The number of ether oxygens (including phenoxy) is 1. The largest absolute Gasteiger partial charge is 0.506 e. The van der Waals surface area contributed by atoms with Crippen molar-refractivity contribution in [2.24, 2.45) is 0 Å². The van der Waals surface area contributed by atoms with E-state index < -0.39 is 5.97 Å². The first-order valence-electron chi connectivity index (χ1n) is 5.68. The van der Waals surface area contributed by atoms with Crippen LogP contribution < -0.4 is 0 Å². The van der Waals surface area contributed by atoms with Gasteiger partial charge in [0.05, 0.1) is 11.5 Å². The highest BCUT2D eigenvalue weighted by Crippen LogP contribution is 2.39. The van der Waals surface area contributed by atoms with Gasteiger partial charge in [0.1, 0.15) is 11.3 Å². The van der Waals surface area contributed by atoms with E-state index in [0.717, 1.165) is 11.1 Å².